The summed E-state index contributed by atoms with van der Waals surface area (Å²) in [6.45, 7) is 3.93. The Kier molecular flexibility index (Phi) is 6.84. The number of nitro benzene ring substituents is 1. The summed E-state index contributed by atoms with van der Waals surface area (Å²) >= 11 is 1.25. The quantitative estimate of drug-likeness (QED) is 0.306. The summed E-state index contributed by atoms with van der Waals surface area (Å²) in [4.78, 5) is 31.9. The summed E-state index contributed by atoms with van der Waals surface area (Å²) in [5, 5.41) is 11.5. The normalized spacial score (nSPS) is 14.8. The molecule has 1 aliphatic heterocycles. The van der Waals surface area contributed by atoms with E-state index in [0.29, 0.717) is 47.2 Å². The number of anilines is 1. The van der Waals surface area contributed by atoms with Gasteiger partial charge in [-0.3, -0.25) is 24.7 Å². The molecular formula is C22H21FN4O4S. The molecule has 1 aromatic heterocycles. The van der Waals surface area contributed by atoms with E-state index in [1.54, 1.807) is 29.2 Å². The van der Waals surface area contributed by atoms with E-state index in [4.69, 9.17) is 4.74 Å². The number of aromatic nitrogens is 1. The summed E-state index contributed by atoms with van der Waals surface area (Å²) in [5.41, 5.74) is 1.13. The van der Waals surface area contributed by atoms with Crippen LogP contribution < -0.4 is 4.90 Å². The molecule has 0 spiro atoms. The van der Waals surface area contributed by atoms with Crippen LogP contribution in [0.5, 0.6) is 0 Å². The Balaban J connectivity index is 1.57. The molecule has 1 aliphatic rings. The van der Waals surface area contributed by atoms with Crippen LogP contribution in [0.1, 0.15) is 5.56 Å². The number of hydrogen-bond acceptors (Lipinski definition) is 7. The van der Waals surface area contributed by atoms with Crippen LogP contribution in [0.25, 0.3) is 16.3 Å². The predicted molar refractivity (Wildman–Crippen MR) is 121 cm³/mol. The van der Waals surface area contributed by atoms with Crippen LogP contribution in [0.3, 0.4) is 0 Å². The molecule has 8 nitrogen and oxygen atoms in total. The van der Waals surface area contributed by atoms with E-state index in [1.807, 2.05) is 0 Å². The fourth-order valence-corrected chi connectivity index (χ4v) is 4.39. The molecule has 2 aromatic carbocycles. The number of amides is 1. The average molecular weight is 456 g/mol. The van der Waals surface area contributed by atoms with Crippen LogP contribution in [0, 0.1) is 15.9 Å². The van der Waals surface area contributed by atoms with E-state index in [9.17, 15) is 19.3 Å². The van der Waals surface area contributed by atoms with Gasteiger partial charge in [-0.15, -0.1) is 0 Å². The van der Waals surface area contributed by atoms with Crippen LogP contribution in [0.15, 0.2) is 48.5 Å². The lowest BCUT2D eigenvalue weighted by Crippen LogP contribution is -2.42. The molecule has 2 heterocycles. The minimum atomic E-state index is -0.478. The number of carbonyl (C=O) groups is 1. The van der Waals surface area contributed by atoms with Crippen molar-refractivity contribution in [3.05, 3.63) is 70.0 Å². The molecule has 0 unspecified atom stereocenters. The number of thiazole rings is 1. The SMILES string of the molecule is O=C(C=Cc1cccc([N+](=O)[O-])c1)N(CCN1CCOCC1)c1nc2ccc(F)cc2s1. The molecule has 166 valence electrons. The average Bonchev–Trinajstić information content (AvgIpc) is 3.21. The summed E-state index contributed by atoms with van der Waals surface area (Å²) in [6.07, 6.45) is 2.93. The number of carbonyl (C=O) groups excluding carboxylic acids is 1. The van der Waals surface area contributed by atoms with Crippen LogP contribution in [0.2, 0.25) is 0 Å². The van der Waals surface area contributed by atoms with Gasteiger partial charge in [0.2, 0.25) is 0 Å². The molecule has 1 saturated heterocycles. The minimum Gasteiger partial charge on any atom is -0.379 e. The highest BCUT2D eigenvalue weighted by atomic mass is 32.1. The number of morpholine rings is 1. The third-order valence-corrected chi connectivity index (χ3v) is 6.12. The number of nitrogens with zero attached hydrogens (tertiary/aromatic N) is 4. The summed E-state index contributed by atoms with van der Waals surface area (Å²) < 4.78 is 19.7. The van der Waals surface area contributed by atoms with Crippen molar-refractivity contribution in [2.45, 2.75) is 0 Å². The highest BCUT2D eigenvalue weighted by molar-refractivity contribution is 7.22. The number of rotatable bonds is 7. The molecule has 0 radical (unpaired) electrons. The lowest BCUT2D eigenvalue weighted by molar-refractivity contribution is -0.384. The van der Waals surface area contributed by atoms with Crippen LogP contribution >= 0.6 is 11.3 Å². The maximum Gasteiger partial charge on any atom is 0.270 e. The van der Waals surface area contributed by atoms with Gasteiger partial charge in [-0.25, -0.2) is 9.37 Å². The van der Waals surface area contributed by atoms with E-state index in [0.717, 1.165) is 13.1 Å². The zero-order valence-corrected chi connectivity index (χ0v) is 18.0. The third kappa shape index (κ3) is 5.34. The van der Waals surface area contributed by atoms with Crippen molar-refractivity contribution in [3.8, 4) is 0 Å². The van der Waals surface area contributed by atoms with E-state index in [-0.39, 0.29) is 17.4 Å². The van der Waals surface area contributed by atoms with Crippen molar-refractivity contribution in [1.82, 2.24) is 9.88 Å². The summed E-state index contributed by atoms with van der Waals surface area (Å²) in [7, 11) is 0. The number of hydrogen-bond donors (Lipinski definition) is 0. The fraction of sp³-hybridized carbons (Fsp3) is 0.273. The van der Waals surface area contributed by atoms with Gasteiger partial charge in [0.25, 0.3) is 11.6 Å². The monoisotopic (exact) mass is 456 g/mol. The Bertz CT molecular complexity index is 1160. The van der Waals surface area contributed by atoms with Crippen LogP contribution in [0.4, 0.5) is 15.2 Å². The number of non-ortho nitro benzene ring substituents is 1. The van der Waals surface area contributed by atoms with E-state index >= 15 is 0 Å². The molecule has 32 heavy (non-hydrogen) atoms. The van der Waals surface area contributed by atoms with Gasteiger partial charge >= 0.3 is 0 Å². The standard InChI is InChI=1S/C22H21FN4O4S/c23-17-5-6-19-20(15-17)32-22(24-19)26(9-8-25-10-12-31-13-11-25)21(28)7-4-16-2-1-3-18(14-16)27(29)30/h1-7,14-15H,8-13H2. The molecule has 0 atom stereocenters. The van der Waals surface area contributed by atoms with Gasteiger partial charge in [-0.05, 0) is 29.8 Å². The molecule has 3 aromatic rings. The van der Waals surface area contributed by atoms with Gasteiger partial charge in [-0.2, -0.15) is 0 Å². The molecule has 0 saturated carbocycles. The first-order chi connectivity index (χ1) is 15.5. The second-order valence-corrected chi connectivity index (χ2v) is 8.25. The molecule has 10 heteroatoms. The second-order valence-electron chi connectivity index (χ2n) is 7.24. The Labute approximate surface area is 187 Å². The Hall–Kier alpha value is -3.21. The van der Waals surface area contributed by atoms with Crippen molar-refractivity contribution in [2.75, 3.05) is 44.3 Å². The van der Waals surface area contributed by atoms with Crippen molar-refractivity contribution in [3.63, 3.8) is 0 Å². The van der Waals surface area contributed by atoms with Gasteiger partial charge < -0.3 is 4.74 Å². The third-order valence-electron chi connectivity index (χ3n) is 5.08. The molecule has 0 bridgehead atoms. The first kappa shape index (κ1) is 22.0. The lowest BCUT2D eigenvalue weighted by atomic mass is 10.2. The van der Waals surface area contributed by atoms with Crippen LogP contribution in [-0.4, -0.2) is 60.1 Å². The van der Waals surface area contributed by atoms with Gasteiger partial charge in [0.1, 0.15) is 5.82 Å². The van der Waals surface area contributed by atoms with Crippen molar-refractivity contribution in [1.29, 1.82) is 0 Å². The minimum absolute atomic E-state index is 0.0445. The predicted octanol–water partition coefficient (Wildman–Crippen LogP) is 3.72. The van der Waals surface area contributed by atoms with Gasteiger partial charge in [-0.1, -0.05) is 23.5 Å². The highest BCUT2D eigenvalue weighted by Crippen LogP contribution is 2.29. The molecule has 4 rings (SSSR count). The smallest absolute Gasteiger partial charge is 0.270 e. The van der Waals surface area contributed by atoms with Crippen molar-refractivity contribution in [2.24, 2.45) is 0 Å². The van der Waals surface area contributed by atoms with E-state index in [2.05, 4.69) is 9.88 Å². The first-order valence-corrected chi connectivity index (χ1v) is 10.9. The van der Waals surface area contributed by atoms with Gasteiger partial charge in [0.15, 0.2) is 5.13 Å². The zero-order valence-electron chi connectivity index (χ0n) is 17.1. The Morgan fingerprint density at radius 3 is 2.88 bits per heavy atom. The number of fused-ring (bicyclic) bond motifs is 1. The highest BCUT2D eigenvalue weighted by Gasteiger charge is 2.20. The number of nitro groups is 1. The van der Waals surface area contributed by atoms with E-state index in [1.165, 1.54) is 41.7 Å². The molecule has 0 N–H and O–H groups in total. The fourth-order valence-electron chi connectivity index (χ4n) is 3.37. The van der Waals surface area contributed by atoms with Gasteiger partial charge in [0.05, 0.1) is 28.4 Å². The topological polar surface area (TPSA) is 88.8 Å². The maximum atomic E-state index is 13.6. The Morgan fingerprint density at radius 1 is 1.28 bits per heavy atom. The van der Waals surface area contributed by atoms with Crippen LogP contribution in [-0.2, 0) is 9.53 Å². The lowest BCUT2D eigenvalue weighted by Gasteiger charge is -2.28. The first-order valence-electron chi connectivity index (χ1n) is 10.1. The largest absolute Gasteiger partial charge is 0.379 e. The maximum absolute atomic E-state index is 13.6. The number of benzene rings is 2. The number of ether oxygens (including phenoxy) is 1. The molecule has 1 amide bonds. The van der Waals surface area contributed by atoms with Crippen molar-refractivity contribution < 1.29 is 18.8 Å². The molecular weight excluding hydrogens is 435 g/mol. The second kappa shape index (κ2) is 9.94. The molecule has 1 fully saturated rings. The van der Waals surface area contributed by atoms with Crippen molar-refractivity contribution >= 4 is 44.4 Å². The van der Waals surface area contributed by atoms with Gasteiger partial charge in [0, 0.05) is 44.4 Å². The number of halogens is 1. The summed E-state index contributed by atoms with van der Waals surface area (Å²) in [5.74, 6) is -0.659. The summed E-state index contributed by atoms with van der Waals surface area (Å²) in [6, 6.07) is 10.4. The Morgan fingerprint density at radius 2 is 2.09 bits per heavy atom. The zero-order chi connectivity index (χ0) is 22.5. The van der Waals surface area contributed by atoms with E-state index < -0.39 is 4.92 Å². The molecule has 0 aliphatic carbocycles.